The maximum atomic E-state index is 12.8. The molecule has 1 aromatic heterocycles. The summed E-state index contributed by atoms with van der Waals surface area (Å²) in [6.45, 7) is 1.40. The van der Waals surface area contributed by atoms with Gasteiger partial charge in [-0.2, -0.15) is 5.10 Å². The van der Waals surface area contributed by atoms with Gasteiger partial charge in [0, 0.05) is 23.4 Å². The molecule has 0 saturated carbocycles. The molecule has 1 fully saturated rings. The van der Waals surface area contributed by atoms with Crippen molar-refractivity contribution in [3.8, 4) is 11.3 Å². The van der Waals surface area contributed by atoms with Crippen LogP contribution in [0.1, 0.15) is 11.1 Å². The molecule has 7 nitrogen and oxygen atoms in total. The lowest BCUT2D eigenvalue weighted by molar-refractivity contribution is -0.111. The third-order valence-electron chi connectivity index (χ3n) is 5.65. The standard InChI is InChI=1S/C28H24N4O3/c33-26(29-24-13-7-8-14-25(24)32-17-18-35-28(32)34)16-15-23-20-31(19-21-9-3-1-4-10-21)30-27(23)22-11-5-2-6-12-22/h1-16,20H,17-19H2,(H,29,33). The van der Waals surface area contributed by atoms with Crippen molar-refractivity contribution < 1.29 is 14.3 Å². The van der Waals surface area contributed by atoms with Crippen molar-refractivity contribution in [1.82, 2.24) is 9.78 Å². The number of para-hydroxylation sites is 2. The number of nitrogens with zero attached hydrogens (tertiary/aromatic N) is 3. The summed E-state index contributed by atoms with van der Waals surface area (Å²) < 4.78 is 6.91. The molecule has 0 bridgehead atoms. The Bertz CT molecular complexity index is 1360. The number of cyclic esters (lactones) is 1. The zero-order valence-electron chi connectivity index (χ0n) is 19.0. The topological polar surface area (TPSA) is 76.5 Å². The molecule has 174 valence electrons. The van der Waals surface area contributed by atoms with Gasteiger partial charge in [0.05, 0.1) is 30.2 Å². The average Bonchev–Trinajstić information content (AvgIpc) is 3.50. The highest BCUT2D eigenvalue weighted by molar-refractivity contribution is 6.05. The fourth-order valence-electron chi connectivity index (χ4n) is 4.00. The van der Waals surface area contributed by atoms with Gasteiger partial charge in [0.25, 0.3) is 0 Å². The fourth-order valence-corrected chi connectivity index (χ4v) is 4.00. The molecule has 7 heteroatoms. The fraction of sp³-hybridized carbons (Fsp3) is 0.107. The Balaban J connectivity index is 1.38. The first kappa shape index (κ1) is 22.2. The number of aromatic nitrogens is 2. The van der Waals surface area contributed by atoms with Crippen molar-refractivity contribution in [2.45, 2.75) is 6.54 Å². The van der Waals surface area contributed by atoms with Crippen LogP contribution < -0.4 is 10.2 Å². The van der Waals surface area contributed by atoms with Crippen LogP contribution in [0.15, 0.2) is 97.2 Å². The van der Waals surface area contributed by atoms with Gasteiger partial charge in [-0.05, 0) is 23.8 Å². The van der Waals surface area contributed by atoms with E-state index < -0.39 is 6.09 Å². The molecule has 4 aromatic rings. The molecule has 2 heterocycles. The molecule has 2 amide bonds. The Kier molecular flexibility index (Phi) is 6.39. The van der Waals surface area contributed by atoms with Crippen LogP contribution in [0.25, 0.3) is 17.3 Å². The van der Waals surface area contributed by atoms with Crippen LogP contribution in [0, 0.1) is 0 Å². The van der Waals surface area contributed by atoms with Crippen LogP contribution in [0.5, 0.6) is 0 Å². The predicted molar refractivity (Wildman–Crippen MR) is 136 cm³/mol. The second-order valence-electron chi connectivity index (χ2n) is 8.09. The highest BCUT2D eigenvalue weighted by Gasteiger charge is 2.25. The van der Waals surface area contributed by atoms with Gasteiger partial charge in [0.1, 0.15) is 6.61 Å². The predicted octanol–water partition coefficient (Wildman–Crippen LogP) is 5.21. The SMILES string of the molecule is O=C(C=Cc1cn(Cc2ccccc2)nc1-c1ccccc1)Nc1ccccc1N1CCOC1=O. The number of ether oxygens (including phenoxy) is 1. The highest BCUT2D eigenvalue weighted by Crippen LogP contribution is 2.28. The second-order valence-corrected chi connectivity index (χ2v) is 8.09. The first-order valence-corrected chi connectivity index (χ1v) is 11.4. The summed E-state index contributed by atoms with van der Waals surface area (Å²) in [6, 6.07) is 27.2. The Morgan fingerprint density at radius 2 is 1.69 bits per heavy atom. The van der Waals surface area contributed by atoms with Gasteiger partial charge in [0.15, 0.2) is 0 Å². The maximum Gasteiger partial charge on any atom is 0.414 e. The molecule has 35 heavy (non-hydrogen) atoms. The number of anilines is 2. The Labute approximate surface area is 203 Å². The number of hydrogen-bond acceptors (Lipinski definition) is 4. The lowest BCUT2D eigenvalue weighted by Gasteiger charge is -2.17. The van der Waals surface area contributed by atoms with Crippen molar-refractivity contribution in [3.63, 3.8) is 0 Å². The highest BCUT2D eigenvalue weighted by atomic mass is 16.6. The minimum Gasteiger partial charge on any atom is -0.447 e. The van der Waals surface area contributed by atoms with Crippen molar-refractivity contribution in [3.05, 3.63) is 108 Å². The number of rotatable bonds is 7. The van der Waals surface area contributed by atoms with Crippen LogP contribution in [-0.2, 0) is 16.1 Å². The molecule has 1 aliphatic rings. The zero-order valence-corrected chi connectivity index (χ0v) is 19.0. The summed E-state index contributed by atoms with van der Waals surface area (Å²) in [5.74, 6) is -0.306. The van der Waals surface area contributed by atoms with Gasteiger partial charge >= 0.3 is 6.09 Å². The summed E-state index contributed by atoms with van der Waals surface area (Å²) in [5, 5.41) is 7.67. The van der Waals surface area contributed by atoms with Crippen LogP contribution >= 0.6 is 0 Å². The van der Waals surface area contributed by atoms with Crippen LogP contribution in [0.3, 0.4) is 0 Å². The summed E-state index contributed by atoms with van der Waals surface area (Å²) in [6.07, 6.45) is 4.77. The third-order valence-corrected chi connectivity index (χ3v) is 5.65. The van der Waals surface area contributed by atoms with E-state index >= 15 is 0 Å². The number of benzene rings is 3. The van der Waals surface area contributed by atoms with Crippen LogP contribution in [0.4, 0.5) is 16.2 Å². The molecule has 1 aliphatic heterocycles. The molecular weight excluding hydrogens is 440 g/mol. The molecule has 3 aromatic carbocycles. The normalized spacial score (nSPS) is 13.3. The van der Waals surface area contributed by atoms with Crippen molar-refractivity contribution in [2.75, 3.05) is 23.4 Å². The van der Waals surface area contributed by atoms with Gasteiger partial charge in [-0.15, -0.1) is 0 Å². The molecule has 1 N–H and O–H groups in total. The Morgan fingerprint density at radius 1 is 0.971 bits per heavy atom. The summed E-state index contributed by atoms with van der Waals surface area (Å²) in [4.78, 5) is 26.3. The second kappa shape index (κ2) is 10.1. The molecule has 1 saturated heterocycles. The minimum absolute atomic E-state index is 0.306. The zero-order chi connectivity index (χ0) is 24.0. The molecule has 0 radical (unpaired) electrons. The van der Waals surface area contributed by atoms with Gasteiger partial charge in [-0.3, -0.25) is 14.4 Å². The largest absolute Gasteiger partial charge is 0.447 e. The number of amides is 2. The van der Waals surface area contributed by atoms with Crippen molar-refractivity contribution in [1.29, 1.82) is 0 Å². The summed E-state index contributed by atoms with van der Waals surface area (Å²) in [7, 11) is 0. The van der Waals surface area contributed by atoms with Gasteiger partial charge in [0.2, 0.25) is 5.91 Å². The summed E-state index contributed by atoms with van der Waals surface area (Å²) >= 11 is 0. The van der Waals surface area contributed by atoms with Gasteiger partial charge in [-0.1, -0.05) is 72.8 Å². The van der Waals surface area contributed by atoms with E-state index in [2.05, 4.69) is 17.4 Å². The Morgan fingerprint density at radius 3 is 2.43 bits per heavy atom. The third kappa shape index (κ3) is 5.14. The van der Waals surface area contributed by atoms with Crippen molar-refractivity contribution in [2.24, 2.45) is 0 Å². The van der Waals surface area contributed by atoms with E-state index in [0.29, 0.717) is 31.1 Å². The van der Waals surface area contributed by atoms with Crippen LogP contribution in [0.2, 0.25) is 0 Å². The van der Waals surface area contributed by atoms with Crippen molar-refractivity contribution >= 4 is 29.5 Å². The smallest absolute Gasteiger partial charge is 0.414 e. The number of carbonyl (C=O) groups excluding carboxylic acids is 2. The first-order valence-electron chi connectivity index (χ1n) is 11.4. The molecule has 0 unspecified atom stereocenters. The van der Waals surface area contributed by atoms with E-state index in [-0.39, 0.29) is 5.91 Å². The average molecular weight is 465 g/mol. The van der Waals surface area contributed by atoms with E-state index in [4.69, 9.17) is 9.84 Å². The number of nitrogens with one attached hydrogen (secondary N) is 1. The van der Waals surface area contributed by atoms with Gasteiger partial charge in [-0.25, -0.2) is 4.79 Å². The molecule has 0 aliphatic carbocycles. The van der Waals surface area contributed by atoms with E-state index in [1.807, 2.05) is 71.5 Å². The molecular formula is C28H24N4O3. The minimum atomic E-state index is -0.416. The first-order chi connectivity index (χ1) is 17.2. The Hall–Kier alpha value is -4.65. The van der Waals surface area contributed by atoms with E-state index in [0.717, 1.165) is 22.4 Å². The van der Waals surface area contributed by atoms with E-state index in [1.165, 1.54) is 11.0 Å². The number of carbonyl (C=O) groups is 2. The maximum absolute atomic E-state index is 12.8. The lowest BCUT2D eigenvalue weighted by atomic mass is 10.1. The van der Waals surface area contributed by atoms with E-state index in [9.17, 15) is 9.59 Å². The van der Waals surface area contributed by atoms with Gasteiger partial charge < -0.3 is 10.1 Å². The monoisotopic (exact) mass is 464 g/mol. The number of hydrogen-bond donors (Lipinski definition) is 1. The lowest BCUT2D eigenvalue weighted by Crippen LogP contribution is -2.25. The van der Waals surface area contributed by atoms with E-state index in [1.54, 1.807) is 18.2 Å². The summed E-state index contributed by atoms with van der Waals surface area (Å²) in [5.41, 5.74) is 4.89. The molecule has 0 atom stereocenters. The molecule has 5 rings (SSSR count). The quantitative estimate of drug-likeness (QED) is 0.381. The molecule has 0 spiro atoms. The van der Waals surface area contributed by atoms with Crippen LogP contribution in [-0.4, -0.2) is 34.9 Å².